The summed E-state index contributed by atoms with van der Waals surface area (Å²) in [6.07, 6.45) is 5.03. The summed E-state index contributed by atoms with van der Waals surface area (Å²) in [4.78, 5) is 22.0. The third-order valence-corrected chi connectivity index (χ3v) is 11.2. The second-order valence-corrected chi connectivity index (χ2v) is 15.1. The van der Waals surface area contributed by atoms with Crippen molar-refractivity contribution in [1.82, 2.24) is 4.72 Å². The Labute approximate surface area is 221 Å². The maximum absolute atomic E-state index is 14.9. The van der Waals surface area contributed by atoms with Crippen LogP contribution in [0.4, 0.5) is 4.39 Å². The van der Waals surface area contributed by atoms with Gasteiger partial charge in [0, 0.05) is 0 Å². The standard InChI is InChI=1S/C16H15BrCl2FNO3S2.C6H12O2/c17-11-13(15(19)25-14(11)18)26(23,24)21-16(22)12(20)10-8-2-6-1-7(4-8)5-9(10)3-6;1-6(2,3)4-5(7)8/h6-9H,1-5H2,(H,21,22);4H2,1-3H3,(H,7,8). The average Bonchev–Trinajstić information content (AvgIpc) is 2.91. The fourth-order valence-corrected chi connectivity index (χ4v) is 9.93. The first-order chi connectivity index (χ1) is 15.6. The van der Waals surface area contributed by atoms with Crippen LogP contribution in [-0.2, 0) is 19.6 Å². The lowest BCUT2D eigenvalue weighted by atomic mass is 9.54. The molecule has 0 aromatic carbocycles. The van der Waals surface area contributed by atoms with Gasteiger partial charge in [-0.25, -0.2) is 17.5 Å². The van der Waals surface area contributed by atoms with Gasteiger partial charge in [-0.05, 0) is 82.7 Å². The molecule has 0 atom stereocenters. The SMILES string of the molecule is CC(C)(C)CC(=O)O.O=C(NS(=O)(=O)c1c(Cl)sc(Cl)c1Br)C(F)=C1C2CC3CC(C2)CC1C3. The lowest BCUT2D eigenvalue weighted by molar-refractivity contribution is -0.139. The van der Waals surface area contributed by atoms with E-state index in [9.17, 15) is 22.4 Å². The van der Waals surface area contributed by atoms with Crippen molar-refractivity contribution >= 4 is 72.4 Å². The molecule has 5 rings (SSSR count). The molecule has 0 saturated heterocycles. The Morgan fingerprint density at radius 1 is 1.09 bits per heavy atom. The minimum Gasteiger partial charge on any atom is -0.481 e. The first-order valence-corrected chi connectivity index (χ1v) is 14.8. The molecule has 34 heavy (non-hydrogen) atoms. The van der Waals surface area contributed by atoms with Gasteiger partial charge >= 0.3 is 5.97 Å². The van der Waals surface area contributed by atoms with Gasteiger partial charge in [-0.1, -0.05) is 44.0 Å². The fraction of sp³-hybridized carbons (Fsp3) is 0.636. The number of hydrogen-bond acceptors (Lipinski definition) is 5. The van der Waals surface area contributed by atoms with Gasteiger partial charge in [0.2, 0.25) is 0 Å². The van der Waals surface area contributed by atoms with Crippen LogP contribution in [0.5, 0.6) is 0 Å². The number of nitrogens with one attached hydrogen (secondary N) is 1. The van der Waals surface area contributed by atoms with E-state index in [1.165, 1.54) is 6.42 Å². The Morgan fingerprint density at radius 3 is 1.94 bits per heavy atom. The van der Waals surface area contributed by atoms with Gasteiger partial charge < -0.3 is 5.11 Å². The first-order valence-electron chi connectivity index (χ1n) is 10.9. The van der Waals surface area contributed by atoms with Gasteiger partial charge in [-0.3, -0.25) is 9.59 Å². The molecule has 12 heteroatoms. The molecule has 0 spiro atoms. The Hall–Kier alpha value is -0.680. The van der Waals surface area contributed by atoms with Crippen LogP contribution in [0.2, 0.25) is 8.67 Å². The molecule has 4 bridgehead atoms. The summed E-state index contributed by atoms with van der Waals surface area (Å²) in [7, 11) is -4.34. The van der Waals surface area contributed by atoms with Crippen molar-refractivity contribution in [1.29, 1.82) is 0 Å². The summed E-state index contributed by atoms with van der Waals surface area (Å²) < 4.78 is 41.9. The third kappa shape index (κ3) is 6.35. The van der Waals surface area contributed by atoms with E-state index in [1.54, 1.807) is 0 Å². The van der Waals surface area contributed by atoms with Crippen LogP contribution in [0, 0.1) is 29.1 Å². The van der Waals surface area contributed by atoms with Gasteiger partial charge in [-0.15, -0.1) is 11.3 Å². The highest BCUT2D eigenvalue weighted by atomic mass is 79.9. The molecule has 4 aliphatic carbocycles. The Morgan fingerprint density at radius 2 is 1.59 bits per heavy atom. The summed E-state index contributed by atoms with van der Waals surface area (Å²) in [6, 6.07) is 0. The molecule has 190 valence electrons. The van der Waals surface area contributed by atoms with E-state index in [0.717, 1.165) is 37.0 Å². The molecule has 0 unspecified atom stereocenters. The molecule has 2 N–H and O–H groups in total. The van der Waals surface area contributed by atoms with Crippen molar-refractivity contribution in [3.05, 3.63) is 24.5 Å². The van der Waals surface area contributed by atoms with Gasteiger partial charge in [0.05, 0.1) is 10.9 Å². The molecule has 1 aromatic heterocycles. The highest BCUT2D eigenvalue weighted by Crippen LogP contribution is 2.57. The topological polar surface area (TPSA) is 101 Å². The number of halogens is 4. The van der Waals surface area contributed by atoms with Gasteiger partial charge in [-0.2, -0.15) is 0 Å². The maximum atomic E-state index is 14.9. The maximum Gasteiger partial charge on any atom is 0.303 e. The first kappa shape index (κ1) is 27.9. The van der Waals surface area contributed by atoms with Crippen molar-refractivity contribution < 1.29 is 27.5 Å². The summed E-state index contributed by atoms with van der Waals surface area (Å²) >= 11 is 15.7. The smallest absolute Gasteiger partial charge is 0.303 e. The Bertz CT molecular complexity index is 1100. The van der Waals surface area contributed by atoms with Crippen LogP contribution < -0.4 is 4.72 Å². The van der Waals surface area contributed by atoms with Crippen LogP contribution in [0.15, 0.2) is 20.8 Å². The van der Waals surface area contributed by atoms with Crippen molar-refractivity contribution in [2.75, 3.05) is 0 Å². The van der Waals surface area contributed by atoms with E-state index in [0.29, 0.717) is 17.4 Å². The van der Waals surface area contributed by atoms with Crippen molar-refractivity contribution in [2.24, 2.45) is 29.1 Å². The normalized spacial score (nSPS) is 25.6. The van der Waals surface area contributed by atoms with Crippen LogP contribution in [0.3, 0.4) is 0 Å². The summed E-state index contributed by atoms with van der Waals surface area (Å²) in [6.45, 7) is 5.71. The zero-order valence-corrected chi connectivity index (χ0v) is 23.7. The quantitative estimate of drug-likeness (QED) is 0.361. The zero-order valence-electron chi connectivity index (χ0n) is 19.0. The number of carbonyl (C=O) groups excluding carboxylic acids is 1. The van der Waals surface area contributed by atoms with Crippen LogP contribution in [-0.4, -0.2) is 25.4 Å². The van der Waals surface area contributed by atoms with Crippen LogP contribution in [0.1, 0.15) is 59.3 Å². The van der Waals surface area contributed by atoms with Crippen molar-refractivity contribution in [3.63, 3.8) is 0 Å². The Kier molecular flexibility index (Phi) is 8.50. The number of carbonyl (C=O) groups is 2. The second-order valence-electron chi connectivity index (χ2n) is 10.4. The summed E-state index contributed by atoms with van der Waals surface area (Å²) in [5.74, 6) is -1.55. The molecule has 4 aliphatic rings. The number of carboxylic acids is 1. The molecule has 0 radical (unpaired) electrons. The lowest BCUT2D eigenvalue weighted by Crippen LogP contribution is -2.42. The van der Waals surface area contributed by atoms with Crippen molar-refractivity contribution in [3.8, 4) is 0 Å². The lowest BCUT2D eigenvalue weighted by Gasteiger charge is -2.51. The number of rotatable bonds is 4. The van der Waals surface area contributed by atoms with E-state index >= 15 is 0 Å². The molecule has 1 heterocycles. The average molecular weight is 619 g/mol. The zero-order chi connectivity index (χ0) is 25.6. The number of sulfonamides is 1. The van der Waals surface area contributed by atoms with Gasteiger partial charge in [0.15, 0.2) is 5.83 Å². The molecule has 4 saturated carbocycles. The van der Waals surface area contributed by atoms with E-state index < -0.39 is 27.7 Å². The number of amides is 1. The second kappa shape index (κ2) is 10.4. The number of aliphatic carboxylic acids is 1. The van der Waals surface area contributed by atoms with E-state index in [4.69, 9.17) is 28.3 Å². The minimum absolute atomic E-state index is 0.0608. The van der Waals surface area contributed by atoms with Gasteiger partial charge in [0.1, 0.15) is 13.6 Å². The molecule has 1 amide bonds. The van der Waals surface area contributed by atoms with E-state index in [1.807, 2.05) is 25.5 Å². The molecule has 6 nitrogen and oxygen atoms in total. The molecular formula is C22H27BrCl2FNO5S2. The monoisotopic (exact) mass is 617 g/mol. The molecule has 1 aromatic rings. The highest BCUT2D eigenvalue weighted by molar-refractivity contribution is 9.10. The number of allylic oxidation sites excluding steroid dienone is 1. The summed E-state index contributed by atoms with van der Waals surface area (Å²) in [5, 5.41) is 8.25. The van der Waals surface area contributed by atoms with Gasteiger partial charge in [0.25, 0.3) is 15.9 Å². The summed E-state index contributed by atoms with van der Waals surface area (Å²) in [5.41, 5.74) is 0.435. The Balaban J connectivity index is 0.000000350. The molecule has 0 aliphatic heterocycles. The van der Waals surface area contributed by atoms with E-state index in [2.05, 4.69) is 15.9 Å². The largest absolute Gasteiger partial charge is 0.481 e. The number of thiophene rings is 1. The molecular weight excluding hydrogens is 592 g/mol. The minimum atomic E-state index is -4.34. The predicted octanol–water partition coefficient (Wildman–Crippen LogP) is 6.81. The fourth-order valence-electron chi connectivity index (χ4n) is 5.42. The van der Waals surface area contributed by atoms with E-state index in [-0.39, 0.29) is 41.7 Å². The predicted molar refractivity (Wildman–Crippen MR) is 134 cm³/mol. The third-order valence-electron chi connectivity index (χ3n) is 6.38. The van der Waals surface area contributed by atoms with Crippen LogP contribution >= 0.6 is 50.5 Å². The number of carboxylic acid groups (broad SMARTS) is 1. The van der Waals surface area contributed by atoms with Crippen LogP contribution in [0.25, 0.3) is 0 Å². The van der Waals surface area contributed by atoms with Crippen molar-refractivity contribution in [2.45, 2.75) is 64.2 Å². The molecule has 4 fully saturated rings. The highest BCUT2D eigenvalue weighted by Gasteiger charge is 2.47. The number of hydrogen-bond donors (Lipinski definition) is 2.